The normalized spacial score (nSPS) is 44.1. The minimum Gasteiger partial charge on any atom is -0.462 e. The molecule has 9 rings (SSSR count). The van der Waals surface area contributed by atoms with E-state index in [4.69, 9.17) is 14.2 Å². The number of amides is 1. The summed E-state index contributed by atoms with van der Waals surface area (Å²) in [6.07, 6.45) is 16.7. The third-order valence-electron chi connectivity index (χ3n) is 21.1. The Balaban J connectivity index is 0.903. The van der Waals surface area contributed by atoms with E-state index in [1.165, 1.54) is 51.4 Å². The number of fused-ring (bicyclic) bond motifs is 7. The number of hydrogen-bond donors (Lipinski definition) is 0. The smallest absolute Gasteiger partial charge is 0.309 e. The van der Waals surface area contributed by atoms with Gasteiger partial charge in [0.25, 0.3) is 0 Å². The van der Waals surface area contributed by atoms with E-state index in [0.717, 1.165) is 57.2 Å². The molecule has 0 N–H and O–H groups in total. The van der Waals surface area contributed by atoms with Crippen LogP contribution in [-0.2, 0) is 35.2 Å². The van der Waals surface area contributed by atoms with Gasteiger partial charge in [-0.05, 0) is 159 Å². The highest BCUT2D eigenvalue weighted by molar-refractivity contribution is 5.84. The fourth-order valence-electron chi connectivity index (χ4n) is 16.9. The molecule has 7 aliphatic carbocycles. The molecule has 59 heavy (non-hydrogen) atoms. The highest BCUT2D eigenvalue weighted by Gasteiger charge is 2.74. The Hall–Kier alpha value is -2.41. The maximum absolute atomic E-state index is 15.1. The van der Waals surface area contributed by atoms with Crippen molar-refractivity contribution in [3.63, 3.8) is 0 Å². The van der Waals surface area contributed by atoms with Gasteiger partial charge >= 0.3 is 11.9 Å². The molecule has 1 saturated heterocycles. The summed E-state index contributed by atoms with van der Waals surface area (Å²) in [7, 11) is 1.82. The quantitative estimate of drug-likeness (QED) is 0.243. The van der Waals surface area contributed by atoms with Crippen LogP contribution in [-0.4, -0.2) is 55.2 Å². The van der Waals surface area contributed by atoms with Crippen LogP contribution in [0.2, 0.25) is 0 Å². The lowest BCUT2D eigenvalue weighted by atomic mass is 9.32. The molecule has 1 amide bonds. The molecule has 7 saturated carbocycles. The molecule has 0 aromatic heterocycles. The minimum atomic E-state index is -0.503. The summed E-state index contributed by atoms with van der Waals surface area (Å²) >= 11 is 0. The maximum Gasteiger partial charge on any atom is 0.309 e. The average molecular weight is 812 g/mol. The van der Waals surface area contributed by atoms with Crippen molar-refractivity contribution in [2.24, 2.45) is 79.3 Å². The molecule has 1 aromatic carbocycles. The zero-order chi connectivity index (χ0) is 42.0. The zero-order valence-electron chi connectivity index (χ0n) is 38.2. The van der Waals surface area contributed by atoms with Gasteiger partial charge in [0, 0.05) is 25.6 Å². The molecule has 8 aliphatic rings. The van der Waals surface area contributed by atoms with E-state index in [0.29, 0.717) is 47.3 Å². The van der Waals surface area contributed by atoms with Gasteiger partial charge in [-0.1, -0.05) is 85.7 Å². The minimum absolute atomic E-state index is 0.127. The van der Waals surface area contributed by atoms with E-state index in [1.807, 2.05) is 51.3 Å². The largest absolute Gasteiger partial charge is 0.462 e. The zero-order valence-corrected chi connectivity index (χ0v) is 38.2. The van der Waals surface area contributed by atoms with Crippen LogP contribution in [0.1, 0.15) is 157 Å². The number of likely N-dealkylation sites (tertiary alicyclic amines) is 1. The molecule has 1 aromatic rings. The van der Waals surface area contributed by atoms with Crippen LogP contribution in [0.4, 0.5) is 0 Å². The number of rotatable bonds is 8. The lowest BCUT2D eigenvalue weighted by Gasteiger charge is -2.73. The Kier molecular flexibility index (Phi) is 10.2. The molecule has 0 radical (unpaired) electrons. The van der Waals surface area contributed by atoms with Crippen LogP contribution in [0.15, 0.2) is 30.3 Å². The van der Waals surface area contributed by atoms with Gasteiger partial charge < -0.3 is 19.1 Å². The van der Waals surface area contributed by atoms with Crippen molar-refractivity contribution < 1.29 is 28.6 Å². The second-order valence-electron chi connectivity index (χ2n) is 23.9. The lowest BCUT2D eigenvalue weighted by molar-refractivity contribution is -0.253. The topological polar surface area (TPSA) is 82.1 Å². The first-order chi connectivity index (χ1) is 27.9. The van der Waals surface area contributed by atoms with Gasteiger partial charge in [-0.2, -0.15) is 0 Å². The number of hydrogen-bond acceptors (Lipinski definition) is 6. The first-order valence-electron chi connectivity index (χ1n) is 24.1. The molecule has 1 unspecified atom stereocenters. The van der Waals surface area contributed by atoms with Crippen molar-refractivity contribution >= 4 is 17.8 Å². The first-order valence-corrected chi connectivity index (χ1v) is 24.1. The predicted octanol–water partition coefficient (Wildman–Crippen LogP) is 10.8. The summed E-state index contributed by atoms with van der Waals surface area (Å²) in [6, 6.07) is 9.79. The molecule has 1 aliphatic heterocycles. The van der Waals surface area contributed by atoms with E-state index in [-0.39, 0.29) is 69.7 Å². The molecule has 7 heteroatoms. The number of piperidine rings is 1. The molecule has 0 bridgehead atoms. The van der Waals surface area contributed by atoms with Crippen LogP contribution in [0.3, 0.4) is 0 Å². The molecule has 7 nitrogen and oxygen atoms in total. The molecule has 0 spiro atoms. The second-order valence-corrected chi connectivity index (χ2v) is 23.9. The van der Waals surface area contributed by atoms with E-state index in [1.54, 1.807) is 0 Å². The van der Waals surface area contributed by atoms with Crippen molar-refractivity contribution in [2.75, 3.05) is 20.2 Å². The second kappa shape index (κ2) is 14.3. The Labute approximate surface area is 356 Å². The van der Waals surface area contributed by atoms with Crippen LogP contribution in [0, 0.1) is 79.3 Å². The van der Waals surface area contributed by atoms with Crippen LogP contribution < -0.4 is 0 Å². The summed E-state index contributed by atoms with van der Waals surface area (Å²) in [6.45, 7) is 21.4. The molecule has 326 valence electrons. The highest BCUT2D eigenvalue weighted by atomic mass is 16.5. The standard InChI is InChI=1S/C52H77NO6/c1-46(2)37(43(54)58-32-33-13-11-10-12-14-33)31-38(46)44(55)59-41-19-22-49(6)39(47(41,3)4)18-23-51(8)40(49)16-15-36-42-35(48(5)25-26-48)17-24-52(42,28-27-50(36,51)7)45(56)53-29-20-34(57-9)21-30-53/h10-14,34-42H,15-32H2,1-9H3/t35?,36-,37+,38-,39+,40-,41+,42-,49+,50-,51-,52+/m1/s1. The van der Waals surface area contributed by atoms with Gasteiger partial charge in [0.2, 0.25) is 5.91 Å². The van der Waals surface area contributed by atoms with E-state index in [2.05, 4.69) is 46.4 Å². The molecule has 12 atom stereocenters. The van der Waals surface area contributed by atoms with Gasteiger partial charge in [0.15, 0.2) is 0 Å². The third-order valence-corrected chi connectivity index (χ3v) is 21.1. The molecular weight excluding hydrogens is 735 g/mol. The Morgan fingerprint density at radius 2 is 1.36 bits per heavy atom. The number of methoxy groups -OCH3 is 1. The van der Waals surface area contributed by atoms with E-state index >= 15 is 4.79 Å². The Bertz CT molecular complexity index is 1790. The van der Waals surface area contributed by atoms with Crippen molar-refractivity contribution in [3.05, 3.63) is 35.9 Å². The van der Waals surface area contributed by atoms with Crippen molar-refractivity contribution in [3.8, 4) is 0 Å². The number of benzene rings is 1. The van der Waals surface area contributed by atoms with Gasteiger partial charge in [-0.3, -0.25) is 14.4 Å². The fourth-order valence-corrected chi connectivity index (χ4v) is 16.9. The first kappa shape index (κ1) is 41.9. The van der Waals surface area contributed by atoms with E-state index in [9.17, 15) is 9.59 Å². The molecule has 1 heterocycles. The van der Waals surface area contributed by atoms with Gasteiger partial charge in [-0.15, -0.1) is 0 Å². The fraction of sp³-hybridized carbons (Fsp3) is 0.827. The summed E-state index contributed by atoms with van der Waals surface area (Å²) in [5, 5.41) is 0. The number of nitrogens with zero attached hydrogens (tertiary/aromatic N) is 1. The Morgan fingerprint density at radius 1 is 0.661 bits per heavy atom. The number of carbonyl (C=O) groups is 3. The number of carbonyl (C=O) groups excluding carboxylic acids is 3. The van der Waals surface area contributed by atoms with Gasteiger partial charge in [0.05, 0.1) is 23.4 Å². The summed E-state index contributed by atoms with van der Waals surface area (Å²) in [5.41, 5.74) is 1.13. The molecule has 8 fully saturated rings. The monoisotopic (exact) mass is 812 g/mol. The van der Waals surface area contributed by atoms with Crippen LogP contribution >= 0.6 is 0 Å². The lowest BCUT2D eigenvalue weighted by Crippen LogP contribution is -2.68. The van der Waals surface area contributed by atoms with Gasteiger partial charge in [0.1, 0.15) is 12.7 Å². The number of ether oxygens (including phenoxy) is 3. The van der Waals surface area contributed by atoms with Crippen molar-refractivity contribution in [1.29, 1.82) is 0 Å². The van der Waals surface area contributed by atoms with Crippen LogP contribution in [0.25, 0.3) is 0 Å². The summed E-state index contributed by atoms with van der Waals surface area (Å²) < 4.78 is 18.1. The Morgan fingerprint density at radius 3 is 2.02 bits per heavy atom. The van der Waals surface area contributed by atoms with Crippen molar-refractivity contribution in [2.45, 2.75) is 171 Å². The SMILES string of the molecule is COC1CCN(C(=O)[C@]23CCC(C4(C)CC4)[C@@H]2[C@H]2CC[C@@H]4[C@@]5(C)CC[C@H](OC(=O)[C@H]6C[C@@H](C(=O)OCc7ccccc7)C6(C)C)C(C)(C)[C@@H]5CC[C@@]4(C)[C@]2(C)CC3)CC1. The number of esters is 2. The van der Waals surface area contributed by atoms with Crippen molar-refractivity contribution in [1.82, 2.24) is 4.90 Å². The third kappa shape index (κ3) is 6.19. The average Bonchev–Trinajstić information content (AvgIpc) is 3.82. The molecular formula is C52H77NO6. The summed E-state index contributed by atoms with van der Waals surface area (Å²) in [4.78, 5) is 44.6. The van der Waals surface area contributed by atoms with Crippen LogP contribution in [0.5, 0.6) is 0 Å². The predicted molar refractivity (Wildman–Crippen MR) is 230 cm³/mol. The highest BCUT2D eigenvalue weighted by Crippen LogP contribution is 2.79. The van der Waals surface area contributed by atoms with Gasteiger partial charge in [-0.25, -0.2) is 0 Å². The van der Waals surface area contributed by atoms with E-state index < -0.39 is 5.41 Å². The summed E-state index contributed by atoms with van der Waals surface area (Å²) in [5.74, 6) is 2.41. The maximum atomic E-state index is 15.1.